The van der Waals surface area contributed by atoms with Crippen molar-refractivity contribution < 1.29 is 9.59 Å². The number of nitrogens with zero attached hydrogens (tertiary/aromatic N) is 4. The van der Waals surface area contributed by atoms with E-state index in [1.54, 1.807) is 11.9 Å². The van der Waals surface area contributed by atoms with E-state index in [2.05, 4.69) is 87.5 Å². The zero-order valence-corrected chi connectivity index (χ0v) is 21.3. The lowest BCUT2D eigenvalue weighted by atomic mass is 10.0. The number of carbonyl (C=O) groups is 2. The van der Waals surface area contributed by atoms with Gasteiger partial charge in [0.05, 0.1) is 18.8 Å². The second kappa shape index (κ2) is 14.3. The van der Waals surface area contributed by atoms with Crippen molar-refractivity contribution in [3.05, 3.63) is 70.0 Å². The van der Waals surface area contributed by atoms with Gasteiger partial charge in [0.1, 0.15) is 6.29 Å². The first-order valence-electron chi connectivity index (χ1n) is 11.3. The molecule has 8 nitrogen and oxygen atoms in total. The summed E-state index contributed by atoms with van der Waals surface area (Å²) in [7, 11) is 6.08. The number of allylic oxidation sites excluding steroid dienone is 3. The van der Waals surface area contributed by atoms with Crippen LogP contribution < -0.4 is 16.0 Å². The molecule has 3 rings (SSSR count). The van der Waals surface area contributed by atoms with E-state index in [0.717, 1.165) is 38.8 Å². The minimum atomic E-state index is 0.250. The molecular formula is C25H36N6O2S. The summed E-state index contributed by atoms with van der Waals surface area (Å²) in [6.07, 6.45) is 9.78. The molecule has 1 aliphatic rings. The lowest BCUT2D eigenvalue weighted by Gasteiger charge is -2.27. The molecule has 0 atom stereocenters. The van der Waals surface area contributed by atoms with E-state index in [4.69, 9.17) is 4.79 Å². The highest BCUT2D eigenvalue weighted by atomic mass is 32.2. The molecule has 0 saturated carbocycles. The Morgan fingerprint density at radius 1 is 1.26 bits per heavy atom. The molecule has 1 amide bonds. The molecule has 184 valence electrons. The van der Waals surface area contributed by atoms with Crippen molar-refractivity contribution in [1.29, 1.82) is 0 Å². The number of nitrogens with one attached hydrogen (secondary N) is 1. The maximum Gasteiger partial charge on any atom is 0.204 e. The predicted molar refractivity (Wildman–Crippen MR) is 140 cm³/mol. The van der Waals surface area contributed by atoms with Gasteiger partial charge in [0.25, 0.3) is 0 Å². The quantitative estimate of drug-likeness (QED) is 0.304. The van der Waals surface area contributed by atoms with Crippen LogP contribution in [0.15, 0.2) is 53.2 Å². The lowest BCUT2D eigenvalue weighted by Crippen LogP contribution is -2.29. The minimum Gasteiger partial charge on any atom is -0.391 e. The van der Waals surface area contributed by atoms with Crippen molar-refractivity contribution in [2.45, 2.75) is 39.3 Å². The number of nitrogens with two attached hydrogens (primary N) is 1. The molecule has 3 N–H and O–H groups in total. The number of hydrogen-bond acceptors (Lipinski definition) is 7. The molecule has 0 unspecified atom stereocenters. The van der Waals surface area contributed by atoms with Gasteiger partial charge in [-0.25, -0.2) is 4.31 Å². The number of carbonyl (C=O) groups excluding carboxylic acids is 2. The Hall–Kier alpha value is -3.04. The molecule has 34 heavy (non-hydrogen) atoms. The maximum absolute atomic E-state index is 10.8. The molecule has 2 heterocycles. The normalized spacial score (nSPS) is 14.0. The van der Waals surface area contributed by atoms with Crippen molar-refractivity contribution in [3.8, 4) is 0 Å². The number of benzene rings is 1. The number of rotatable bonds is 10. The van der Waals surface area contributed by atoms with Crippen molar-refractivity contribution in [2.24, 2.45) is 5.73 Å². The summed E-state index contributed by atoms with van der Waals surface area (Å²) in [6.45, 7) is 4.91. The van der Waals surface area contributed by atoms with Gasteiger partial charge >= 0.3 is 0 Å². The Morgan fingerprint density at radius 3 is 2.71 bits per heavy atom. The van der Waals surface area contributed by atoms with E-state index in [9.17, 15) is 4.79 Å². The molecule has 0 radical (unpaired) electrons. The molecule has 0 saturated heterocycles. The number of fused-ring (bicyclic) bond motifs is 1. The Bertz CT molecular complexity index is 999. The smallest absolute Gasteiger partial charge is 0.204 e. The van der Waals surface area contributed by atoms with E-state index >= 15 is 0 Å². The first-order chi connectivity index (χ1) is 16.4. The Balaban J connectivity index is 0.00000129. The molecule has 0 bridgehead atoms. The Morgan fingerprint density at radius 2 is 2.03 bits per heavy atom. The van der Waals surface area contributed by atoms with E-state index in [1.807, 2.05) is 13.2 Å². The highest BCUT2D eigenvalue weighted by Crippen LogP contribution is 2.29. The zero-order chi connectivity index (χ0) is 24.9. The van der Waals surface area contributed by atoms with Crippen molar-refractivity contribution >= 4 is 30.3 Å². The van der Waals surface area contributed by atoms with E-state index in [0.29, 0.717) is 6.42 Å². The van der Waals surface area contributed by atoms with Gasteiger partial charge in [0, 0.05) is 56.6 Å². The van der Waals surface area contributed by atoms with Gasteiger partial charge in [-0.3, -0.25) is 9.48 Å². The summed E-state index contributed by atoms with van der Waals surface area (Å²) < 4.78 is 4.48. The standard InChI is InChI=1S/C24H33N5OS.CH3NO/c1-19(25-2)24(31-28-14-15-29-22(18-28)12-13-26-29)9-5-7-20-10-11-21(8-6-16-30)23(17-20)27(3)4;2-1-3/h5,9-13,16-17,25H,6-8,14-15,18H2,1-4H3;1H,(H2,2,3)/b9-5+,24-19+;. The maximum atomic E-state index is 10.8. The van der Waals surface area contributed by atoms with Crippen LogP contribution in [-0.2, 0) is 35.5 Å². The van der Waals surface area contributed by atoms with E-state index in [-0.39, 0.29) is 6.41 Å². The molecule has 0 spiro atoms. The molecule has 2 aromatic rings. The third-order valence-corrected chi connectivity index (χ3v) is 6.67. The van der Waals surface area contributed by atoms with E-state index in [1.165, 1.54) is 33.1 Å². The number of hydrogen-bond donors (Lipinski definition) is 2. The highest BCUT2D eigenvalue weighted by Gasteiger charge is 2.18. The molecular weight excluding hydrogens is 448 g/mol. The lowest BCUT2D eigenvalue weighted by molar-refractivity contribution is -0.108. The summed E-state index contributed by atoms with van der Waals surface area (Å²) in [4.78, 5) is 22.7. The summed E-state index contributed by atoms with van der Waals surface area (Å²) in [5.41, 5.74) is 10.3. The van der Waals surface area contributed by atoms with Crippen molar-refractivity contribution in [3.63, 3.8) is 0 Å². The van der Waals surface area contributed by atoms with Gasteiger partial charge < -0.3 is 20.7 Å². The predicted octanol–water partition coefficient (Wildman–Crippen LogP) is 2.90. The largest absolute Gasteiger partial charge is 0.391 e. The number of amides is 1. The first kappa shape index (κ1) is 27.2. The van der Waals surface area contributed by atoms with Crippen LogP contribution in [0.5, 0.6) is 0 Å². The van der Waals surface area contributed by atoms with Crippen LogP contribution in [0.1, 0.15) is 30.2 Å². The van der Waals surface area contributed by atoms with Gasteiger partial charge in [-0.1, -0.05) is 18.2 Å². The monoisotopic (exact) mass is 484 g/mol. The molecule has 9 heteroatoms. The highest BCUT2D eigenvalue weighted by molar-refractivity contribution is 8.01. The topological polar surface area (TPSA) is 96.5 Å². The Kier molecular flexibility index (Phi) is 11.4. The fraction of sp³-hybridized carbons (Fsp3) is 0.400. The van der Waals surface area contributed by atoms with Crippen LogP contribution >= 0.6 is 11.9 Å². The minimum absolute atomic E-state index is 0.250. The van der Waals surface area contributed by atoms with Crippen LogP contribution in [0.2, 0.25) is 0 Å². The molecule has 0 aliphatic carbocycles. The first-order valence-corrected chi connectivity index (χ1v) is 12.1. The number of primary amides is 1. The fourth-order valence-electron chi connectivity index (χ4n) is 3.61. The van der Waals surface area contributed by atoms with Gasteiger partial charge in [-0.2, -0.15) is 5.10 Å². The number of anilines is 1. The second-order valence-electron chi connectivity index (χ2n) is 8.05. The molecule has 0 fully saturated rings. The summed E-state index contributed by atoms with van der Waals surface area (Å²) in [6, 6.07) is 8.66. The van der Waals surface area contributed by atoms with Crippen LogP contribution in [-0.4, -0.2) is 54.5 Å². The van der Waals surface area contributed by atoms with Crippen molar-refractivity contribution in [1.82, 2.24) is 19.4 Å². The zero-order valence-electron chi connectivity index (χ0n) is 20.5. The van der Waals surface area contributed by atoms with Crippen LogP contribution in [0.4, 0.5) is 5.69 Å². The summed E-state index contributed by atoms with van der Waals surface area (Å²) in [5.74, 6) is 0. The molecule has 1 aromatic heterocycles. The van der Waals surface area contributed by atoms with Crippen LogP contribution in [0.3, 0.4) is 0 Å². The van der Waals surface area contributed by atoms with Gasteiger partial charge in [0.15, 0.2) is 0 Å². The Labute approximate surface area is 207 Å². The van der Waals surface area contributed by atoms with Gasteiger partial charge in [-0.05, 0) is 61.0 Å². The fourth-order valence-corrected chi connectivity index (χ4v) is 4.65. The number of aromatic nitrogens is 2. The average molecular weight is 485 g/mol. The third kappa shape index (κ3) is 8.07. The third-order valence-electron chi connectivity index (χ3n) is 5.46. The van der Waals surface area contributed by atoms with Gasteiger partial charge in [0.2, 0.25) is 6.41 Å². The summed E-state index contributed by atoms with van der Waals surface area (Å²) >= 11 is 1.80. The van der Waals surface area contributed by atoms with Crippen LogP contribution in [0.25, 0.3) is 0 Å². The SMILES string of the molecule is CN/C(C)=C(\C=C\Cc1ccc(CCC=O)c(N(C)C)c1)SN1CCn2nccc2C1.NC=O. The van der Waals surface area contributed by atoms with Crippen LogP contribution in [0, 0.1) is 0 Å². The molecule has 1 aliphatic heterocycles. The van der Waals surface area contributed by atoms with Crippen molar-refractivity contribution in [2.75, 3.05) is 32.6 Å². The van der Waals surface area contributed by atoms with Gasteiger partial charge in [-0.15, -0.1) is 0 Å². The number of aryl methyl sites for hydroxylation is 1. The average Bonchev–Trinajstić information content (AvgIpc) is 3.30. The van der Waals surface area contributed by atoms with E-state index < -0.39 is 0 Å². The molecule has 1 aromatic carbocycles. The summed E-state index contributed by atoms with van der Waals surface area (Å²) in [5, 5.41) is 7.67. The second-order valence-corrected chi connectivity index (χ2v) is 9.18. The number of aldehydes is 1.